The predicted molar refractivity (Wildman–Crippen MR) is 131 cm³/mol. The predicted octanol–water partition coefficient (Wildman–Crippen LogP) is 2.30. The first-order chi connectivity index (χ1) is 13.7. The van der Waals surface area contributed by atoms with Gasteiger partial charge in [-0.15, -0.1) is 24.0 Å². The zero-order chi connectivity index (χ0) is 21.4. The number of hydrogen-bond donors (Lipinski definition) is 1. The lowest BCUT2D eigenvalue weighted by Gasteiger charge is -2.36. The Balaban J connectivity index is 0.00000450. The highest BCUT2D eigenvalue weighted by Gasteiger charge is 2.23. The second-order valence-electron chi connectivity index (χ2n) is 8.42. The van der Waals surface area contributed by atoms with Gasteiger partial charge in [-0.05, 0) is 32.8 Å². The second-order valence-corrected chi connectivity index (χ2v) is 8.42. The molecule has 1 aromatic heterocycles. The number of carbonyl (C=O) groups is 1. The number of ether oxygens (including phenoxy) is 1. The largest absolute Gasteiger partial charge is 0.444 e. The first kappa shape index (κ1) is 26.2. The van der Waals surface area contributed by atoms with Crippen LogP contribution in [0, 0.1) is 5.92 Å². The van der Waals surface area contributed by atoms with Crippen molar-refractivity contribution in [1.82, 2.24) is 25.1 Å². The molecule has 0 bridgehead atoms. The van der Waals surface area contributed by atoms with Crippen LogP contribution in [0.4, 0.5) is 10.7 Å². The number of guanidine groups is 1. The van der Waals surface area contributed by atoms with Crippen LogP contribution in [0.5, 0.6) is 0 Å². The van der Waals surface area contributed by atoms with Crippen LogP contribution < -0.4 is 10.2 Å². The molecule has 0 aliphatic carbocycles. The van der Waals surface area contributed by atoms with E-state index < -0.39 is 5.60 Å². The van der Waals surface area contributed by atoms with Gasteiger partial charge < -0.3 is 24.8 Å². The molecule has 1 fully saturated rings. The molecule has 2 rings (SSSR count). The zero-order valence-corrected chi connectivity index (χ0v) is 21.3. The number of rotatable bonds is 5. The van der Waals surface area contributed by atoms with Gasteiger partial charge in [0.05, 0.1) is 0 Å². The Morgan fingerprint density at radius 3 is 2.40 bits per heavy atom. The number of amides is 1. The average molecular weight is 533 g/mol. The molecule has 2 heterocycles. The molecule has 1 amide bonds. The normalized spacial score (nSPS) is 15.9. The quantitative estimate of drug-likeness (QED) is 0.353. The third-order valence-corrected chi connectivity index (χ3v) is 4.53. The number of carbonyl (C=O) groups excluding carboxylic acids is 1. The number of anilines is 1. The minimum absolute atomic E-state index is 0. The lowest BCUT2D eigenvalue weighted by atomic mass is 10.1. The van der Waals surface area contributed by atoms with Crippen molar-refractivity contribution in [2.24, 2.45) is 10.9 Å². The van der Waals surface area contributed by atoms with Gasteiger partial charge in [0.1, 0.15) is 5.60 Å². The van der Waals surface area contributed by atoms with Crippen molar-refractivity contribution in [3.8, 4) is 0 Å². The van der Waals surface area contributed by atoms with Crippen LogP contribution in [0.15, 0.2) is 23.5 Å². The molecule has 1 unspecified atom stereocenters. The Labute approximate surface area is 197 Å². The Bertz CT molecular complexity index is 673. The van der Waals surface area contributed by atoms with Crippen molar-refractivity contribution < 1.29 is 9.53 Å². The number of nitrogens with zero attached hydrogens (tertiary/aromatic N) is 6. The second kappa shape index (κ2) is 12.1. The summed E-state index contributed by atoms with van der Waals surface area (Å²) in [4.78, 5) is 31.2. The van der Waals surface area contributed by atoms with Gasteiger partial charge in [-0.25, -0.2) is 14.8 Å². The van der Waals surface area contributed by atoms with E-state index in [4.69, 9.17) is 4.74 Å². The Morgan fingerprint density at radius 2 is 1.87 bits per heavy atom. The molecule has 1 N–H and O–H groups in total. The monoisotopic (exact) mass is 533 g/mol. The third kappa shape index (κ3) is 8.49. The molecule has 0 spiro atoms. The molecular formula is C20H36IN7O2. The highest BCUT2D eigenvalue weighted by Crippen LogP contribution is 2.11. The van der Waals surface area contributed by atoms with Gasteiger partial charge in [0, 0.05) is 65.8 Å². The minimum Gasteiger partial charge on any atom is -0.444 e. The summed E-state index contributed by atoms with van der Waals surface area (Å²) in [5.41, 5.74) is -0.484. The van der Waals surface area contributed by atoms with Gasteiger partial charge in [-0.3, -0.25) is 4.99 Å². The highest BCUT2D eigenvalue weighted by atomic mass is 127. The molecule has 10 heteroatoms. The van der Waals surface area contributed by atoms with Crippen molar-refractivity contribution in [3.05, 3.63) is 18.5 Å². The van der Waals surface area contributed by atoms with E-state index in [1.54, 1.807) is 31.4 Å². The van der Waals surface area contributed by atoms with Crippen molar-refractivity contribution in [1.29, 1.82) is 0 Å². The standard InChI is InChI=1S/C20H35N7O2.HI/c1-16(15-25(6)19(28)29-20(2,3)4)14-24-17(21-5)26-10-12-27(13-11-26)18-22-8-7-9-23-18;/h7-9,16H,10-15H2,1-6H3,(H,21,24);1H. The summed E-state index contributed by atoms with van der Waals surface area (Å²) in [6.07, 6.45) is 3.24. The molecule has 1 atom stereocenters. The topological polar surface area (TPSA) is 86.2 Å². The molecule has 0 radical (unpaired) electrons. The SMILES string of the molecule is CN=C(NCC(C)CN(C)C(=O)OC(C)(C)C)N1CCN(c2ncccn2)CC1.I. The van der Waals surface area contributed by atoms with E-state index in [1.807, 2.05) is 26.8 Å². The third-order valence-electron chi connectivity index (χ3n) is 4.53. The van der Waals surface area contributed by atoms with Crippen molar-refractivity contribution in [2.75, 3.05) is 58.3 Å². The van der Waals surface area contributed by atoms with Crippen LogP contribution in [0.1, 0.15) is 27.7 Å². The maximum absolute atomic E-state index is 12.1. The summed E-state index contributed by atoms with van der Waals surface area (Å²) >= 11 is 0. The molecule has 9 nitrogen and oxygen atoms in total. The lowest BCUT2D eigenvalue weighted by molar-refractivity contribution is 0.0277. The molecule has 1 aliphatic heterocycles. The zero-order valence-electron chi connectivity index (χ0n) is 19.0. The maximum Gasteiger partial charge on any atom is 0.410 e. The number of aliphatic imine (C=N–C) groups is 1. The van der Waals surface area contributed by atoms with Gasteiger partial charge in [-0.1, -0.05) is 6.92 Å². The van der Waals surface area contributed by atoms with Crippen LogP contribution >= 0.6 is 24.0 Å². The van der Waals surface area contributed by atoms with Crippen molar-refractivity contribution >= 4 is 42.0 Å². The fourth-order valence-corrected chi connectivity index (χ4v) is 3.12. The summed E-state index contributed by atoms with van der Waals surface area (Å²) in [6.45, 7) is 12.5. The Hall–Kier alpha value is -1.85. The van der Waals surface area contributed by atoms with Gasteiger partial charge >= 0.3 is 6.09 Å². The summed E-state index contributed by atoms with van der Waals surface area (Å²) in [6, 6.07) is 1.83. The average Bonchev–Trinajstić information content (AvgIpc) is 2.68. The fraction of sp³-hybridized carbons (Fsp3) is 0.700. The molecular weight excluding hydrogens is 497 g/mol. The Kier molecular flexibility index (Phi) is 10.6. The van der Waals surface area contributed by atoms with Crippen LogP contribution in [0.2, 0.25) is 0 Å². The van der Waals surface area contributed by atoms with E-state index in [1.165, 1.54) is 0 Å². The summed E-state index contributed by atoms with van der Waals surface area (Å²) in [5.74, 6) is 1.91. The van der Waals surface area contributed by atoms with E-state index >= 15 is 0 Å². The maximum atomic E-state index is 12.1. The van der Waals surface area contributed by atoms with E-state index in [-0.39, 0.29) is 36.0 Å². The smallest absolute Gasteiger partial charge is 0.410 e. The molecule has 170 valence electrons. The van der Waals surface area contributed by atoms with E-state index in [9.17, 15) is 4.79 Å². The summed E-state index contributed by atoms with van der Waals surface area (Å²) < 4.78 is 5.41. The number of hydrogen-bond acceptors (Lipinski definition) is 6. The first-order valence-corrected chi connectivity index (χ1v) is 10.1. The van der Waals surface area contributed by atoms with E-state index in [2.05, 4.69) is 37.0 Å². The van der Waals surface area contributed by atoms with Crippen molar-refractivity contribution in [2.45, 2.75) is 33.3 Å². The lowest BCUT2D eigenvalue weighted by Crippen LogP contribution is -2.53. The fourth-order valence-electron chi connectivity index (χ4n) is 3.12. The highest BCUT2D eigenvalue weighted by molar-refractivity contribution is 14.0. The molecule has 0 saturated carbocycles. The van der Waals surface area contributed by atoms with Crippen LogP contribution in [-0.4, -0.2) is 90.8 Å². The van der Waals surface area contributed by atoms with Gasteiger partial charge in [0.15, 0.2) is 5.96 Å². The van der Waals surface area contributed by atoms with Crippen LogP contribution in [-0.2, 0) is 4.74 Å². The van der Waals surface area contributed by atoms with Crippen LogP contribution in [0.25, 0.3) is 0 Å². The van der Waals surface area contributed by atoms with Crippen molar-refractivity contribution in [3.63, 3.8) is 0 Å². The molecule has 0 aromatic carbocycles. The summed E-state index contributed by atoms with van der Waals surface area (Å²) in [7, 11) is 3.57. The Morgan fingerprint density at radius 1 is 1.27 bits per heavy atom. The molecule has 30 heavy (non-hydrogen) atoms. The number of halogens is 1. The molecule has 1 aromatic rings. The molecule has 1 saturated heterocycles. The van der Waals surface area contributed by atoms with Gasteiger partial charge in [-0.2, -0.15) is 0 Å². The number of nitrogens with one attached hydrogen (secondary N) is 1. The van der Waals surface area contributed by atoms with Gasteiger partial charge in [0.25, 0.3) is 0 Å². The van der Waals surface area contributed by atoms with E-state index in [0.717, 1.165) is 44.6 Å². The summed E-state index contributed by atoms with van der Waals surface area (Å²) in [5, 5.41) is 3.43. The van der Waals surface area contributed by atoms with Gasteiger partial charge in [0.2, 0.25) is 5.95 Å². The number of aromatic nitrogens is 2. The van der Waals surface area contributed by atoms with Crippen LogP contribution in [0.3, 0.4) is 0 Å². The first-order valence-electron chi connectivity index (χ1n) is 10.1. The minimum atomic E-state index is -0.484. The molecule has 1 aliphatic rings. The van der Waals surface area contributed by atoms with E-state index in [0.29, 0.717) is 6.54 Å². The number of piperazine rings is 1.